The fourth-order valence-corrected chi connectivity index (χ4v) is 5.96. The van der Waals surface area contributed by atoms with Gasteiger partial charge in [0, 0.05) is 17.3 Å². The van der Waals surface area contributed by atoms with E-state index in [9.17, 15) is 28.6 Å². The van der Waals surface area contributed by atoms with Crippen LogP contribution in [0.25, 0.3) is 10.9 Å². The van der Waals surface area contributed by atoms with Gasteiger partial charge in [-0.3, -0.25) is 9.78 Å². The van der Waals surface area contributed by atoms with Crippen LogP contribution >= 0.6 is 32.8 Å². The number of anilines is 1. The maximum Gasteiger partial charge on any atom is 0.310 e. The molecule has 1 amide bonds. The summed E-state index contributed by atoms with van der Waals surface area (Å²) in [5.41, 5.74) is 1.78. The van der Waals surface area contributed by atoms with Crippen LogP contribution in [-0.4, -0.2) is 14.8 Å². The first kappa shape index (κ1) is 25.1. The minimum atomic E-state index is -9.75. The van der Waals surface area contributed by atoms with Gasteiger partial charge in [0.1, 0.15) is 10.7 Å². The van der Waals surface area contributed by atoms with Gasteiger partial charge in [0.2, 0.25) is 5.91 Å². The number of aromatic nitrogens is 1. The summed E-state index contributed by atoms with van der Waals surface area (Å²) >= 11 is 2.01. The first-order valence-corrected chi connectivity index (χ1v) is 13.7. The molecule has 1 aliphatic carbocycles. The van der Waals surface area contributed by atoms with E-state index in [-0.39, 0.29) is 41.4 Å². The zero-order valence-electron chi connectivity index (χ0n) is 17.7. The number of benzene rings is 2. The van der Waals surface area contributed by atoms with E-state index in [2.05, 4.69) is 10.3 Å². The molecule has 34 heavy (non-hydrogen) atoms. The summed E-state index contributed by atoms with van der Waals surface area (Å²) in [5, 5.41) is 3.30. The van der Waals surface area contributed by atoms with Crippen molar-refractivity contribution in [3.05, 3.63) is 66.1 Å². The number of halogens is 7. The highest BCUT2D eigenvalue weighted by atomic mass is 127. The molecule has 1 heterocycles. The van der Waals surface area contributed by atoms with Crippen molar-refractivity contribution in [1.82, 2.24) is 4.98 Å². The molecule has 0 radical (unpaired) electrons. The van der Waals surface area contributed by atoms with Crippen LogP contribution in [0.4, 0.5) is 29.5 Å². The normalized spacial score (nSPS) is 22.0. The molecule has 3 aromatic rings. The molecule has 2 aromatic carbocycles. The Hall–Kier alpha value is -2.02. The van der Waals surface area contributed by atoms with Crippen LogP contribution in [0.3, 0.4) is 0 Å². The Balaban J connectivity index is 1.39. The van der Waals surface area contributed by atoms with Crippen LogP contribution in [0.15, 0.2) is 59.6 Å². The summed E-state index contributed by atoms with van der Waals surface area (Å²) in [4.78, 5) is 14.9. The van der Waals surface area contributed by atoms with Crippen LogP contribution in [0, 0.1) is 11.7 Å². The lowest BCUT2D eigenvalue weighted by Crippen LogP contribution is -2.32. The molecule has 0 aliphatic heterocycles. The molecule has 1 fully saturated rings. The Bertz CT molecular complexity index is 1230. The Morgan fingerprint density at radius 3 is 2.24 bits per heavy atom. The average Bonchev–Trinajstić information content (AvgIpc) is 2.77. The molecule has 1 aromatic heterocycles. The van der Waals surface area contributed by atoms with Gasteiger partial charge in [-0.2, -0.15) is 0 Å². The van der Waals surface area contributed by atoms with Crippen molar-refractivity contribution in [2.45, 2.75) is 40.4 Å². The zero-order valence-corrected chi connectivity index (χ0v) is 20.6. The molecule has 1 atom stereocenters. The molecule has 1 aliphatic rings. The maximum atomic E-state index is 13.8. The number of nitrogens with one attached hydrogen (secondary N) is 1. The number of pyridine rings is 1. The third-order valence-corrected chi connectivity index (χ3v) is 8.93. The molecule has 1 saturated carbocycles. The van der Waals surface area contributed by atoms with Crippen molar-refractivity contribution in [2.75, 3.05) is 5.32 Å². The topological polar surface area (TPSA) is 42.0 Å². The lowest BCUT2D eigenvalue weighted by atomic mass is 9.77. The molecule has 0 spiro atoms. The molecule has 4 rings (SSSR count). The number of alkyl halides is 1. The number of fused-ring (bicyclic) bond motifs is 1. The van der Waals surface area contributed by atoms with Crippen LogP contribution in [-0.2, 0) is 4.79 Å². The molecule has 0 saturated heterocycles. The van der Waals surface area contributed by atoms with Gasteiger partial charge in [-0.15, -0.1) is 0 Å². The number of amides is 1. The third kappa shape index (κ3) is 5.61. The molecule has 0 unspecified atom stereocenters. The SMILES string of the molecule is O=C(Nc1ccc(S(F)(F)(F)(F)F)cc1)[C@H](I)C1CCC(c2ccnc3ccc(F)cc23)CC1. The summed E-state index contributed by atoms with van der Waals surface area (Å²) in [6, 6.07) is 8.64. The highest BCUT2D eigenvalue weighted by Crippen LogP contribution is 3.02. The number of nitrogens with zero attached hydrogens (tertiary/aromatic N) is 1. The third-order valence-electron chi connectivity index (χ3n) is 6.18. The highest BCUT2D eigenvalue weighted by molar-refractivity contribution is 14.1. The summed E-state index contributed by atoms with van der Waals surface area (Å²) in [6.45, 7) is 0. The molecule has 184 valence electrons. The molecule has 0 bridgehead atoms. The van der Waals surface area contributed by atoms with E-state index in [1.54, 1.807) is 12.3 Å². The summed E-state index contributed by atoms with van der Waals surface area (Å²) in [6.07, 6.45) is 4.79. The summed E-state index contributed by atoms with van der Waals surface area (Å²) in [7, 11) is -9.75. The number of hydrogen-bond donors (Lipinski definition) is 1. The molecule has 3 nitrogen and oxygen atoms in total. The maximum absolute atomic E-state index is 13.8. The van der Waals surface area contributed by atoms with Crippen molar-refractivity contribution in [3.8, 4) is 0 Å². The van der Waals surface area contributed by atoms with Crippen molar-refractivity contribution in [2.24, 2.45) is 5.92 Å². The second-order valence-electron chi connectivity index (χ2n) is 8.56. The van der Waals surface area contributed by atoms with Crippen molar-refractivity contribution >= 4 is 55.3 Å². The first-order valence-electron chi connectivity index (χ1n) is 10.5. The first-order chi connectivity index (χ1) is 15.7. The summed E-state index contributed by atoms with van der Waals surface area (Å²) in [5.74, 6) is -0.464. The minimum Gasteiger partial charge on any atom is -0.325 e. The molecule has 11 heteroatoms. The monoisotopic (exact) mass is 614 g/mol. The quantitative estimate of drug-likeness (QED) is 0.178. The van der Waals surface area contributed by atoms with Crippen LogP contribution in [0.2, 0.25) is 0 Å². The van der Waals surface area contributed by atoms with Gasteiger partial charge in [0.25, 0.3) is 0 Å². The number of carbonyl (C=O) groups is 1. The highest BCUT2D eigenvalue weighted by Gasteiger charge is 2.65. The predicted molar refractivity (Wildman–Crippen MR) is 131 cm³/mol. The average molecular weight is 614 g/mol. The van der Waals surface area contributed by atoms with Crippen LogP contribution in [0.1, 0.15) is 37.2 Å². The van der Waals surface area contributed by atoms with Crippen molar-refractivity contribution in [3.63, 3.8) is 0 Å². The lowest BCUT2D eigenvalue weighted by Gasteiger charge is -2.40. The van der Waals surface area contributed by atoms with Gasteiger partial charge < -0.3 is 5.32 Å². The van der Waals surface area contributed by atoms with Gasteiger partial charge in [-0.05, 0) is 91.6 Å². The Kier molecular flexibility index (Phi) is 6.11. The second-order valence-corrected chi connectivity index (χ2v) is 12.3. The van der Waals surface area contributed by atoms with E-state index in [4.69, 9.17) is 0 Å². The van der Waals surface area contributed by atoms with E-state index in [0.717, 1.165) is 54.3 Å². The van der Waals surface area contributed by atoms with Crippen LogP contribution in [0.5, 0.6) is 0 Å². The smallest absolute Gasteiger partial charge is 0.310 e. The number of carbonyl (C=O) groups excluding carboxylic acids is 1. The van der Waals surface area contributed by atoms with Gasteiger partial charge in [0.05, 0.1) is 9.44 Å². The second kappa shape index (κ2) is 8.28. The standard InChI is InChI=1S/C23H21F6IN2OS/c24-16-5-10-21-20(13-16)19(11-12-31-21)14-1-3-15(4-2-14)22(30)23(33)32-17-6-8-18(9-7-17)34(25,26,27,28)29/h5-15,22H,1-4H2,(H,32,33)/t14?,15?,22-/m1/s1. The number of hydrogen-bond acceptors (Lipinski definition) is 2. The van der Waals surface area contributed by atoms with E-state index in [1.807, 2.05) is 28.7 Å². The van der Waals surface area contributed by atoms with Crippen molar-refractivity contribution < 1.29 is 28.6 Å². The van der Waals surface area contributed by atoms with Gasteiger partial charge in [0.15, 0.2) is 0 Å². The van der Waals surface area contributed by atoms with Gasteiger partial charge in [-0.25, -0.2) is 4.39 Å². The van der Waals surface area contributed by atoms with E-state index in [1.165, 1.54) is 12.1 Å². The van der Waals surface area contributed by atoms with Gasteiger partial charge in [-0.1, -0.05) is 42.0 Å². The lowest BCUT2D eigenvalue weighted by molar-refractivity contribution is -0.116. The van der Waals surface area contributed by atoms with E-state index < -0.39 is 19.0 Å². The zero-order chi connectivity index (χ0) is 24.8. The Morgan fingerprint density at radius 2 is 1.62 bits per heavy atom. The van der Waals surface area contributed by atoms with E-state index in [0.29, 0.717) is 0 Å². The predicted octanol–water partition coefficient (Wildman–Crippen LogP) is 8.75. The fraction of sp³-hybridized carbons (Fsp3) is 0.304. The molecule has 1 N–H and O–H groups in total. The van der Waals surface area contributed by atoms with Crippen LogP contribution < -0.4 is 5.32 Å². The summed E-state index contributed by atoms with van der Waals surface area (Å²) < 4.78 is 77.6. The number of rotatable bonds is 5. The Morgan fingerprint density at radius 1 is 0.971 bits per heavy atom. The fourth-order valence-electron chi connectivity index (χ4n) is 4.44. The Labute approximate surface area is 206 Å². The van der Waals surface area contributed by atoms with Gasteiger partial charge >= 0.3 is 10.2 Å². The molecular formula is C23H21F6IN2OS. The molecular weight excluding hydrogens is 593 g/mol. The minimum absolute atomic E-state index is 0.0243. The van der Waals surface area contributed by atoms with E-state index >= 15 is 0 Å². The largest absolute Gasteiger partial charge is 0.325 e. The van der Waals surface area contributed by atoms with Crippen molar-refractivity contribution in [1.29, 1.82) is 0 Å².